The lowest BCUT2D eigenvalue weighted by atomic mass is 9.71. The SMILES string of the molecule is CC1CCCC(C(O)Cc2ccc(Cl)cc2)(N(C)C)C1. The molecule has 0 saturated heterocycles. The molecule has 0 aliphatic heterocycles. The van der Waals surface area contributed by atoms with Crippen LogP contribution in [-0.2, 0) is 6.42 Å². The number of aliphatic hydroxyl groups is 1. The fourth-order valence-electron chi connectivity index (χ4n) is 3.60. The van der Waals surface area contributed by atoms with E-state index in [0.717, 1.165) is 23.4 Å². The molecule has 0 spiro atoms. The number of likely N-dealkylation sites (N-methyl/N-ethyl adjacent to an activating group) is 1. The summed E-state index contributed by atoms with van der Waals surface area (Å²) in [6.45, 7) is 2.30. The van der Waals surface area contributed by atoms with Crippen molar-refractivity contribution in [3.63, 3.8) is 0 Å². The predicted octanol–water partition coefficient (Wildman–Crippen LogP) is 3.75. The summed E-state index contributed by atoms with van der Waals surface area (Å²) in [5, 5.41) is 11.6. The summed E-state index contributed by atoms with van der Waals surface area (Å²) in [6.07, 6.45) is 5.01. The Hall–Kier alpha value is -0.570. The Labute approximate surface area is 127 Å². The molecule has 2 rings (SSSR count). The zero-order chi connectivity index (χ0) is 14.8. The summed E-state index contributed by atoms with van der Waals surface area (Å²) in [7, 11) is 4.20. The van der Waals surface area contributed by atoms with E-state index in [1.54, 1.807) is 0 Å². The molecule has 1 aliphatic carbocycles. The van der Waals surface area contributed by atoms with Crippen molar-refractivity contribution < 1.29 is 5.11 Å². The predicted molar refractivity (Wildman–Crippen MR) is 85.2 cm³/mol. The second-order valence-electron chi connectivity index (χ2n) is 6.55. The number of hydrogen-bond donors (Lipinski definition) is 1. The fraction of sp³-hybridized carbons (Fsp3) is 0.647. The van der Waals surface area contributed by atoms with Crippen LogP contribution >= 0.6 is 11.6 Å². The highest BCUT2D eigenvalue weighted by molar-refractivity contribution is 6.30. The third-order valence-corrected chi connectivity index (χ3v) is 5.11. The Balaban J connectivity index is 2.14. The third-order valence-electron chi connectivity index (χ3n) is 4.86. The van der Waals surface area contributed by atoms with Gasteiger partial charge in [-0.1, -0.05) is 43.5 Å². The molecule has 1 saturated carbocycles. The van der Waals surface area contributed by atoms with Crippen molar-refractivity contribution in [2.75, 3.05) is 14.1 Å². The van der Waals surface area contributed by atoms with E-state index in [4.69, 9.17) is 11.6 Å². The van der Waals surface area contributed by atoms with Crippen molar-refractivity contribution in [3.05, 3.63) is 34.9 Å². The summed E-state index contributed by atoms with van der Waals surface area (Å²) < 4.78 is 0. The van der Waals surface area contributed by atoms with Crippen LogP contribution in [0.25, 0.3) is 0 Å². The average molecular weight is 296 g/mol. The van der Waals surface area contributed by atoms with Gasteiger partial charge < -0.3 is 10.0 Å². The average Bonchev–Trinajstić information content (AvgIpc) is 2.41. The van der Waals surface area contributed by atoms with Gasteiger partial charge in [0, 0.05) is 17.0 Å². The molecule has 0 amide bonds. The van der Waals surface area contributed by atoms with Crippen LogP contribution in [0, 0.1) is 5.92 Å². The number of nitrogens with zero attached hydrogens (tertiary/aromatic N) is 1. The highest BCUT2D eigenvalue weighted by Crippen LogP contribution is 2.39. The van der Waals surface area contributed by atoms with Gasteiger partial charge in [-0.2, -0.15) is 0 Å². The van der Waals surface area contributed by atoms with Crippen LogP contribution < -0.4 is 0 Å². The van der Waals surface area contributed by atoms with E-state index in [1.807, 2.05) is 24.3 Å². The quantitative estimate of drug-likeness (QED) is 0.914. The van der Waals surface area contributed by atoms with Crippen LogP contribution in [0.4, 0.5) is 0 Å². The summed E-state index contributed by atoms with van der Waals surface area (Å²) in [6, 6.07) is 7.83. The van der Waals surface area contributed by atoms with Gasteiger partial charge in [-0.25, -0.2) is 0 Å². The van der Waals surface area contributed by atoms with Gasteiger partial charge in [0.15, 0.2) is 0 Å². The van der Waals surface area contributed by atoms with Gasteiger partial charge in [0.1, 0.15) is 0 Å². The van der Waals surface area contributed by atoms with Crippen molar-refractivity contribution in [3.8, 4) is 0 Å². The second-order valence-corrected chi connectivity index (χ2v) is 6.98. The Kier molecular flexibility index (Phi) is 5.11. The first-order valence-electron chi connectivity index (χ1n) is 7.54. The van der Waals surface area contributed by atoms with Gasteiger partial charge in [-0.3, -0.25) is 0 Å². The van der Waals surface area contributed by atoms with Gasteiger partial charge in [0.25, 0.3) is 0 Å². The molecule has 2 nitrogen and oxygen atoms in total. The normalized spacial score (nSPS) is 28.6. The van der Waals surface area contributed by atoms with Crippen molar-refractivity contribution in [1.29, 1.82) is 0 Å². The zero-order valence-corrected chi connectivity index (χ0v) is 13.5. The number of hydrogen-bond acceptors (Lipinski definition) is 2. The van der Waals surface area contributed by atoms with Gasteiger partial charge in [0.05, 0.1) is 6.10 Å². The van der Waals surface area contributed by atoms with Crippen molar-refractivity contribution in [2.24, 2.45) is 5.92 Å². The third kappa shape index (κ3) is 3.36. The second kappa shape index (κ2) is 6.46. The Morgan fingerprint density at radius 2 is 2.00 bits per heavy atom. The fourth-order valence-corrected chi connectivity index (χ4v) is 3.73. The van der Waals surface area contributed by atoms with Gasteiger partial charge in [0.2, 0.25) is 0 Å². The van der Waals surface area contributed by atoms with Crippen LogP contribution in [-0.4, -0.2) is 35.7 Å². The molecule has 112 valence electrons. The van der Waals surface area contributed by atoms with Gasteiger partial charge in [-0.05, 0) is 50.6 Å². The first-order chi connectivity index (χ1) is 9.44. The summed E-state index contributed by atoms with van der Waals surface area (Å²) in [5.41, 5.74) is 1.07. The van der Waals surface area contributed by atoms with E-state index < -0.39 is 0 Å². The molecular weight excluding hydrogens is 270 g/mol. The summed E-state index contributed by atoms with van der Waals surface area (Å²) >= 11 is 5.92. The molecule has 20 heavy (non-hydrogen) atoms. The Morgan fingerprint density at radius 3 is 2.55 bits per heavy atom. The van der Waals surface area contributed by atoms with Crippen LogP contribution in [0.5, 0.6) is 0 Å². The molecule has 1 aromatic carbocycles. The van der Waals surface area contributed by atoms with Crippen LogP contribution in [0.15, 0.2) is 24.3 Å². The molecule has 3 unspecified atom stereocenters. The highest BCUT2D eigenvalue weighted by Gasteiger charge is 2.42. The maximum atomic E-state index is 10.9. The van der Waals surface area contributed by atoms with Gasteiger partial charge in [-0.15, -0.1) is 0 Å². The number of benzene rings is 1. The molecular formula is C17H26ClNO. The minimum atomic E-state index is -0.332. The molecule has 1 N–H and O–H groups in total. The lowest BCUT2D eigenvalue weighted by molar-refractivity contribution is -0.0424. The van der Waals surface area contributed by atoms with Crippen molar-refractivity contribution in [1.82, 2.24) is 4.90 Å². The monoisotopic (exact) mass is 295 g/mol. The number of rotatable bonds is 4. The Morgan fingerprint density at radius 1 is 1.35 bits per heavy atom. The van der Waals surface area contributed by atoms with Crippen LogP contribution in [0.1, 0.15) is 38.2 Å². The molecule has 3 atom stereocenters. The minimum Gasteiger partial charge on any atom is -0.391 e. The smallest absolute Gasteiger partial charge is 0.0763 e. The minimum absolute atomic E-state index is 0.0860. The summed E-state index contributed by atoms with van der Waals surface area (Å²) in [4.78, 5) is 2.24. The molecule has 0 aromatic heterocycles. The van der Waals surface area contributed by atoms with E-state index in [0.29, 0.717) is 12.3 Å². The molecule has 1 aromatic rings. The van der Waals surface area contributed by atoms with Crippen molar-refractivity contribution in [2.45, 2.75) is 50.7 Å². The lowest BCUT2D eigenvalue weighted by Gasteiger charge is -2.48. The van der Waals surface area contributed by atoms with Crippen LogP contribution in [0.3, 0.4) is 0 Å². The maximum Gasteiger partial charge on any atom is 0.0763 e. The molecule has 0 bridgehead atoms. The lowest BCUT2D eigenvalue weighted by Crippen LogP contribution is -2.56. The molecule has 1 fully saturated rings. The Bertz CT molecular complexity index is 431. The first-order valence-corrected chi connectivity index (χ1v) is 7.92. The van der Waals surface area contributed by atoms with E-state index in [9.17, 15) is 5.11 Å². The van der Waals surface area contributed by atoms with E-state index in [-0.39, 0.29) is 11.6 Å². The molecule has 0 heterocycles. The summed E-state index contributed by atoms with van der Waals surface area (Å²) in [5.74, 6) is 0.686. The van der Waals surface area contributed by atoms with Gasteiger partial charge >= 0.3 is 0 Å². The molecule has 0 radical (unpaired) electrons. The van der Waals surface area contributed by atoms with E-state index >= 15 is 0 Å². The topological polar surface area (TPSA) is 23.5 Å². The number of aliphatic hydroxyl groups excluding tert-OH is 1. The first kappa shape index (κ1) is 15.8. The van der Waals surface area contributed by atoms with Crippen molar-refractivity contribution >= 4 is 11.6 Å². The largest absolute Gasteiger partial charge is 0.391 e. The van der Waals surface area contributed by atoms with Crippen LogP contribution in [0.2, 0.25) is 5.02 Å². The molecule has 1 aliphatic rings. The number of halogens is 1. The van der Waals surface area contributed by atoms with E-state index in [2.05, 4.69) is 25.9 Å². The highest BCUT2D eigenvalue weighted by atomic mass is 35.5. The standard InChI is InChI=1S/C17H26ClNO/c1-13-5-4-10-17(12-13,19(2)3)16(20)11-14-6-8-15(18)9-7-14/h6-9,13,16,20H,4-5,10-12H2,1-3H3. The maximum absolute atomic E-state index is 10.9. The van der Waals surface area contributed by atoms with E-state index in [1.165, 1.54) is 12.8 Å². The zero-order valence-electron chi connectivity index (χ0n) is 12.8. The molecule has 3 heteroatoms.